The van der Waals surface area contributed by atoms with Crippen LogP contribution in [0.4, 0.5) is 10.5 Å². The van der Waals surface area contributed by atoms with Gasteiger partial charge < -0.3 is 15.0 Å². The number of thioether (sulfide) groups is 1. The number of esters is 1. The van der Waals surface area contributed by atoms with Gasteiger partial charge in [-0.25, -0.2) is 4.79 Å². The average Bonchev–Trinajstić information content (AvgIpc) is 3.02. The molecule has 4 amide bonds. The number of amides is 4. The van der Waals surface area contributed by atoms with Gasteiger partial charge in [0.2, 0.25) is 5.91 Å². The number of nitrogens with one attached hydrogen (secondary N) is 2. The lowest BCUT2D eigenvalue weighted by molar-refractivity contribution is -0.158. The Morgan fingerprint density at radius 3 is 2.61 bits per heavy atom. The molecule has 1 saturated heterocycles. The minimum absolute atomic E-state index is 0.0184. The summed E-state index contributed by atoms with van der Waals surface area (Å²) in [5.41, 5.74) is 0.725. The molecular weight excluding hydrogens is 382 g/mol. The summed E-state index contributed by atoms with van der Waals surface area (Å²) in [5, 5.41) is 4.63. The summed E-state index contributed by atoms with van der Waals surface area (Å²) in [6.07, 6.45) is 0.818. The van der Waals surface area contributed by atoms with Crippen LogP contribution in [-0.2, 0) is 19.1 Å². The van der Waals surface area contributed by atoms with E-state index in [9.17, 15) is 19.2 Å². The molecule has 0 bridgehead atoms. The summed E-state index contributed by atoms with van der Waals surface area (Å²) >= 11 is 1.56. The summed E-state index contributed by atoms with van der Waals surface area (Å²) in [7, 11) is 0. The van der Waals surface area contributed by atoms with Crippen molar-refractivity contribution in [2.75, 3.05) is 17.7 Å². The molecule has 28 heavy (non-hydrogen) atoms. The minimum Gasteiger partial charge on any atom is -0.452 e. The van der Waals surface area contributed by atoms with Gasteiger partial charge in [0.1, 0.15) is 0 Å². The first kappa shape index (κ1) is 21.7. The Morgan fingerprint density at radius 1 is 1.25 bits per heavy atom. The second kappa shape index (κ2) is 9.59. The van der Waals surface area contributed by atoms with Crippen LogP contribution in [0.3, 0.4) is 0 Å². The Bertz CT molecular complexity index is 768. The van der Waals surface area contributed by atoms with Gasteiger partial charge in [0, 0.05) is 29.6 Å². The highest BCUT2D eigenvalue weighted by Gasteiger charge is 2.37. The fourth-order valence-corrected chi connectivity index (χ4v) is 3.18. The van der Waals surface area contributed by atoms with E-state index in [1.807, 2.05) is 30.5 Å². The van der Waals surface area contributed by atoms with Crippen LogP contribution in [0.1, 0.15) is 27.2 Å². The molecule has 1 fully saturated rings. The van der Waals surface area contributed by atoms with Crippen molar-refractivity contribution in [3.05, 3.63) is 24.3 Å². The maximum atomic E-state index is 12.4. The van der Waals surface area contributed by atoms with E-state index in [1.165, 1.54) is 6.92 Å². The van der Waals surface area contributed by atoms with Gasteiger partial charge in [0.25, 0.3) is 5.91 Å². The maximum Gasteiger partial charge on any atom is 0.321 e. The number of imide groups is 1. The number of urea groups is 1. The second-order valence-corrected chi connectivity index (χ2v) is 7.68. The van der Waals surface area contributed by atoms with Crippen molar-refractivity contribution in [2.24, 2.45) is 5.92 Å². The van der Waals surface area contributed by atoms with Crippen LogP contribution in [0.25, 0.3) is 0 Å². The Kier molecular flexibility index (Phi) is 7.45. The van der Waals surface area contributed by atoms with E-state index in [4.69, 9.17) is 4.74 Å². The van der Waals surface area contributed by atoms with Crippen molar-refractivity contribution in [2.45, 2.75) is 44.2 Å². The lowest BCUT2D eigenvalue weighted by atomic mass is 10.1. The summed E-state index contributed by atoms with van der Waals surface area (Å²) in [6, 6.07) is 6.71. The minimum atomic E-state index is -1.14. The Morgan fingerprint density at radius 2 is 1.96 bits per heavy atom. The summed E-state index contributed by atoms with van der Waals surface area (Å²) < 4.78 is 5.17. The molecule has 1 aromatic rings. The normalized spacial score (nSPS) is 17.4. The van der Waals surface area contributed by atoms with Gasteiger partial charge in [0.05, 0.1) is 5.92 Å². The molecule has 1 aliphatic heterocycles. The van der Waals surface area contributed by atoms with E-state index in [0.717, 1.165) is 10.6 Å². The summed E-state index contributed by atoms with van der Waals surface area (Å²) in [5.74, 6) is -2.19. The molecule has 0 saturated carbocycles. The number of hydrogen-bond donors (Lipinski definition) is 2. The van der Waals surface area contributed by atoms with Crippen LogP contribution in [-0.4, -0.2) is 48.8 Å². The third-order valence-electron chi connectivity index (χ3n) is 4.14. The number of carbonyl (C=O) groups excluding carboxylic acids is 4. The van der Waals surface area contributed by atoms with Crippen molar-refractivity contribution in [3.63, 3.8) is 0 Å². The summed E-state index contributed by atoms with van der Waals surface area (Å²) in [6.45, 7) is 5.08. The maximum absolute atomic E-state index is 12.4. The molecule has 2 rings (SSSR count). The highest BCUT2D eigenvalue weighted by Crippen LogP contribution is 2.28. The van der Waals surface area contributed by atoms with Gasteiger partial charge in [-0.3, -0.25) is 19.7 Å². The van der Waals surface area contributed by atoms with Crippen LogP contribution < -0.4 is 15.5 Å². The summed E-state index contributed by atoms with van der Waals surface area (Å²) in [4.78, 5) is 50.8. The standard InChI is InChI=1S/C19H25N3O5S/c1-11(2)20-19(26)21-17(24)12(3)27-18(25)13-8-16(23)22(10-13)14-6-5-7-15(9-14)28-4/h5-7,9,11-13H,8,10H2,1-4H3,(H2,20,21,24,26)/t12-,13-/m0/s1. The van der Waals surface area contributed by atoms with Gasteiger partial charge in [-0.1, -0.05) is 6.07 Å². The molecule has 1 aromatic carbocycles. The van der Waals surface area contributed by atoms with Crippen LogP contribution in [0.5, 0.6) is 0 Å². The first-order valence-electron chi connectivity index (χ1n) is 8.97. The molecule has 0 radical (unpaired) electrons. The third kappa shape index (κ3) is 5.72. The molecular formula is C19H25N3O5S. The molecule has 0 unspecified atom stereocenters. The Labute approximate surface area is 168 Å². The van der Waals surface area contributed by atoms with Gasteiger partial charge in [0.15, 0.2) is 6.10 Å². The lowest BCUT2D eigenvalue weighted by Gasteiger charge is -2.18. The van der Waals surface area contributed by atoms with Gasteiger partial charge in [-0.05, 0) is 45.2 Å². The number of nitrogens with zero attached hydrogens (tertiary/aromatic N) is 1. The van der Waals surface area contributed by atoms with E-state index < -0.39 is 29.9 Å². The predicted octanol–water partition coefficient (Wildman–Crippen LogP) is 1.93. The van der Waals surface area contributed by atoms with Crippen molar-refractivity contribution in [3.8, 4) is 0 Å². The number of benzene rings is 1. The van der Waals surface area contributed by atoms with Crippen molar-refractivity contribution in [1.29, 1.82) is 0 Å². The first-order valence-corrected chi connectivity index (χ1v) is 10.2. The topological polar surface area (TPSA) is 105 Å². The molecule has 0 aliphatic carbocycles. The van der Waals surface area contributed by atoms with Crippen LogP contribution in [0, 0.1) is 5.92 Å². The first-order chi connectivity index (χ1) is 13.2. The molecule has 9 heteroatoms. The van der Waals surface area contributed by atoms with Gasteiger partial charge in [-0.2, -0.15) is 0 Å². The van der Waals surface area contributed by atoms with E-state index in [-0.39, 0.29) is 24.9 Å². The fourth-order valence-electron chi connectivity index (χ4n) is 2.73. The zero-order chi connectivity index (χ0) is 20.8. The van der Waals surface area contributed by atoms with Crippen molar-refractivity contribution in [1.82, 2.24) is 10.6 Å². The molecule has 8 nitrogen and oxygen atoms in total. The number of hydrogen-bond acceptors (Lipinski definition) is 6. The largest absolute Gasteiger partial charge is 0.452 e. The highest BCUT2D eigenvalue weighted by atomic mass is 32.2. The fraction of sp³-hybridized carbons (Fsp3) is 0.474. The number of rotatable bonds is 6. The average molecular weight is 407 g/mol. The number of anilines is 1. The number of ether oxygens (including phenoxy) is 1. The zero-order valence-corrected chi connectivity index (χ0v) is 17.2. The van der Waals surface area contributed by atoms with Crippen LogP contribution >= 0.6 is 11.8 Å². The monoisotopic (exact) mass is 407 g/mol. The lowest BCUT2D eigenvalue weighted by Crippen LogP contribution is -2.47. The smallest absolute Gasteiger partial charge is 0.321 e. The zero-order valence-electron chi connectivity index (χ0n) is 16.4. The molecule has 0 aromatic heterocycles. The van der Waals surface area contributed by atoms with Crippen molar-refractivity contribution < 1.29 is 23.9 Å². The van der Waals surface area contributed by atoms with E-state index in [1.54, 1.807) is 30.5 Å². The molecule has 2 N–H and O–H groups in total. The van der Waals surface area contributed by atoms with Crippen LogP contribution in [0.2, 0.25) is 0 Å². The Hall–Kier alpha value is -2.55. The molecule has 1 heterocycles. The molecule has 1 aliphatic rings. The van der Waals surface area contributed by atoms with E-state index in [2.05, 4.69) is 10.6 Å². The van der Waals surface area contributed by atoms with Gasteiger partial charge in [-0.15, -0.1) is 11.8 Å². The van der Waals surface area contributed by atoms with Crippen LogP contribution in [0.15, 0.2) is 29.2 Å². The molecule has 152 valence electrons. The van der Waals surface area contributed by atoms with E-state index in [0.29, 0.717) is 0 Å². The molecule has 2 atom stereocenters. The predicted molar refractivity (Wildman–Crippen MR) is 106 cm³/mol. The van der Waals surface area contributed by atoms with Gasteiger partial charge >= 0.3 is 12.0 Å². The van der Waals surface area contributed by atoms with Crippen molar-refractivity contribution >= 4 is 41.3 Å². The second-order valence-electron chi connectivity index (χ2n) is 6.80. The highest BCUT2D eigenvalue weighted by molar-refractivity contribution is 7.98. The Balaban J connectivity index is 1.93. The quantitative estimate of drug-likeness (QED) is 0.551. The van der Waals surface area contributed by atoms with E-state index >= 15 is 0 Å². The molecule has 0 spiro atoms. The number of carbonyl (C=O) groups is 4. The SMILES string of the molecule is CSc1cccc(N2C[C@@H](C(=O)O[C@@H](C)C(=O)NC(=O)NC(C)C)CC2=O)c1. The third-order valence-corrected chi connectivity index (χ3v) is 4.87.